The van der Waals surface area contributed by atoms with Gasteiger partial charge in [0.25, 0.3) is 0 Å². The van der Waals surface area contributed by atoms with E-state index in [1.165, 1.54) is 0 Å². The number of nitrogens with one attached hydrogen (secondary N) is 1. The highest BCUT2D eigenvalue weighted by atomic mass is 16.3. The number of hydrogen-bond acceptors (Lipinski definition) is 4. The maximum absolute atomic E-state index is 8.63. The van der Waals surface area contributed by atoms with E-state index in [0.29, 0.717) is 11.5 Å². The van der Waals surface area contributed by atoms with Crippen molar-refractivity contribution in [2.24, 2.45) is 0 Å². The Bertz CT molecular complexity index is 786. The van der Waals surface area contributed by atoms with E-state index < -0.39 is 0 Å². The van der Waals surface area contributed by atoms with Crippen LogP contribution in [0.15, 0.2) is 78.9 Å². The minimum Gasteiger partial charge on any atom is -0.508 e. The molecule has 0 unspecified atom stereocenters. The van der Waals surface area contributed by atoms with Gasteiger partial charge in [0, 0.05) is 50.7 Å². The van der Waals surface area contributed by atoms with Gasteiger partial charge < -0.3 is 14.9 Å². The lowest BCUT2D eigenvalue weighted by molar-refractivity contribution is 0.475. The molecule has 0 aliphatic heterocycles. The molecule has 0 aliphatic carbocycles. The van der Waals surface area contributed by atoms with E-state index in [4.69, 9.17) is 10.5 Å². The molecule has 0 saturated carbocycles. The number of benzene rings is 3. The number of para-hydroxylation sites is 1. The molecule has 4 heteroatoms. The second kappa shape index (κ2) is 9.43. The third-order valence-electron chi connectivity index (χ3n) is 4.10. The predicted molar refractivity (Wildman–Crippen MR) is 116 cm³/mol. The molecule has 0 aromatic heterocycles. The third-order valence-corrected chi connectivity index (χ3v) is 4.10. The lowest BCUT2D eigenvalue weighted by Crippen LogP contribution is -2.10. The van der Waals surface area contributed by atoms with Crippen molar-refractivity contribution in [3.8, 4) is 5.75 Å². The first kappa shape index (κ1) is 20.0. The van der Waals surface area contributed by atoms with Crippen molar-refractivity contribution in [3.63, 3.8) is 0 Å². The molecule has 4 nitrogen and oxygen atoms in total. The molecule has 0 heterocycles. The number of hydrogen-bond donors (Lipinski definition) is 2. The minimum absolute atomic E-state index is 0.322. The van der Waals surface area contributed by atoms with E-state index in [-0.39, 0.29) is 0 Å². The van der Waals surface area contributed by atoms with Crippen LogP contribution in [-0.4, -0.2) is 39.0 Å². The Morgan fingerprint density at radius 3 is 1.26 bits per heavy atom. The van der Waals surface area contributed by atoms with Crippen LogP contribution in [0.4, 0.5) is 11.4 Å². The molecule has 0 spiro atoms. The van der Waals surface area contributed by atoms with Gasteiger partial charge in [-0.15, -0.1) is 0 Å². The number of rotatable bonds is 4. The van der Waals surface area contributed by atoms with E-state index >= 15 is 0 Å². The average molecular weight is 361 g/mol. The second-order valence-corrected chi connectivity index (χ2v) is 6.59. The van der Waals surface area contributed by atoms with Crippen LogP contribution in [0, 0.1) is 5.41 Å². The summed E-state index contributed by atoms with van der Waals surface area (Å²) in [6.07, 6.45) is 0. The Hall–Kier alpha value is -3.27. The standard InChI is InChI=1S/C17H21N3.C6H6O/c1-19(2)15-9-5-13(6-10-15)17(18)14-7-11-16(12-8-14)20(3)4;7-6-4-2-1-3-5-6/h5-12,18H,1-4H3;1-5,7H. The fourth-order valence-electron chi connectivity index (χ4n) is 2.45. The Kier molecular flexibility index (Phi) is 7.00. The molecule has 3 aromatic carbocycles. The van der Waals surface area contributed by atoms with Gasteiger partial charge in [-0.3, -0.25) is 5.41 Å². The summed E-state index contributed by atoms with van der Waals surface area (Å²) in [6.45, 7) is 0. The van der Waals surface area contributed by atoms with E-state index in [1.807, 2.05) is 82.8 Å². The van der Waals surface area contributed by atoms with Crippen molar-refractivity contribution in [1.29, 1.82) is 5.41 Å². The van der Waals surface area contributed by atoms with Gasteiger partial charge in [-0.1, -0.05) is 42.5 Å². The van der Waals surface area contributed by atoms with E-state index in [2.05, 4.69) is 9.80 Å². The van der Waals surface area contributed by atoms with Gasteiger partial charge in [-0.05, 0) is 36.4 Å². The van der Waals surface area contributed by atoms with Gasteiger partial charge in [0.2, 0.25) is 0 Å². The first-order valence-corrected chi connectivity index (χ1v) is 8.76. The van der Waals surface area contributed by atoms with Crippen LogP contribution < -0.4 is 9.80 Å². The fraction of sp³-hybridized carbons (Fsp3) is 0.174. The van der Waals surface area contributed by atoms with Gasteiger partial charge in [-0.25, -0.2) is 0 Å². The Morgan fingerprint density at radius 1 is 0.630 bits per heavy atom. The van der Waals surface area contributed by atoms with Crippen LogP contribution >= 0.6 is 0 Å². The molecule has 2 N–H and O–H groups in total. The van der Waals surface area contributed by atoms with Gasteiger partial charge in [0.15, 0.2) is 0 Å². The van der Waals surface area contributed by atoms with Gasteiger partial charge in [0.1, 0.15) is 5.75 Å². The maximum Gasteiger partial charge on any atom is 0.115 e. The van der Waals surface area contributed by atoms with Crippen molar-refractivity contribution in [1.82, 2.24) is 0 Å². The number of phenols is 1. The van der Waals surface area contributed by atoms with Crippen molar-refractivity contribution in [2.75, 3.05) is 38.0 Å². The molecule has 140 valence electrons. The molecule has 0 saturated heterocycles. The van der Waals surface area contributed by atoms with Crippen LogP contribution in [-0.2, 0) is 0 Å². The number of aromatic hydroxyl groups is 1. The van der Waals surface area contributed by atoms with Gasteiger partial charge >= 0.3 is 0 Å². The van der Waals surface area contributed by atoms with Crippen LogP contribution in [0.25, 0.3) is 0 Å². The van der Waals surface area contributed by atoms with Crippen LogP contribution in [0.5, 0.6) is 5.75 Å². The average Bonchev–Trinajstić information content (AvgIpc) is 2.68. The highest BCUT2D eigenvalue weighted by Gasteiger charge is 2.06. The lowest BCUT2D eigenvalue weighted by Gasteiger charge is -2.14. The molecule has 3 aromatic rings. The first-order valence-electron chi connectivity index (χ1n) is 8.76. The summed E-state index contributed by atoms with van der Waals surface area (Å²) in [5.41, 5.74) is 4.72. The number of anilines is 2. The first-order chi connectivity index (χ1) is 12.9. The number of nitrogens with zero attached hydrogens (tertiary/aromatic N) is 2. The van der Waals surface area contributed by atoms with Crippen molar-refractivity contribution < 1.29 is 5.11 Å². The summed E-state index contributed by atoms with van der Waals surface area (Å²) in [6, 6.07) is 24.9. The summed E-state index contributed by atoms with van der Waals surface area (Å²) in [7, 11) is 8.06. The minimum atomic E-state index is 0.322. The molecule has 0 radical (unpaired) electrons. The van der Waals surface area contributed by atoms with E-state index in [1.54, 1.807) is 24.3 Å². The van der Waals surface area contributed by atoms with Crippen LogP contribution in [0.2, 0.25) is 0 Å². The SMILES string of the molecule is CN(C)c1ccc(C(=N)c2ccc(N(C)C)cc2)cc1.Oc1ccccc1. The molecular formula is C23H27N3O. The highest BCUT2D eigenvalue weighted by molar-refractivity contribution is 6.11. The molecule has 0 amide bonds. The molecule has 0 fully saturated rings. The molecule has 27 heavy (non-hydrogen) atoms. The molecule has 0 bridgehead atoms. The third kappa shape index (κ3) is 5.89. The monoisotopic (exact) mass is 361 g/mol. The molecule has 0 atom stereocenters. The second-order valence-electron chi connectivity index (χ2n) is 6.59. The predicted octanol–water partition coefficient (Wildman–Crippen LogP) is 4.63. The summed E-state index contributed by atoms with van der Waals surface area (Å²) in [5, 5.41) is 16.9. The summed E-state index contributed by atoms with van der Waals surface area (Å²) in [5.74, 6) is 0.322. The van der Waals surface area contributed by atoms with Crippen molar-refractivity contribution in [2.45, 2.75) is 0 Å². The highest BCUT2D eigenvalue weighted by Crippen LogP contribution is 2.18. The zero-order chi connectivity index (χ0) is 19.8. The maximum atomic E-state index is 8.63. The molecular weight excluding hydrogens is 334 g/mol. The van der Waals surface area contributed by atoms with E-state index in [9.17, 15) is 0 Å². The number of phenolic OH excluding ortho intramolecular Hbond substituents is 1. The Labute approximate surface area is 161 Å². The largest absolute Gasteiger partial charge is 0.508 e. The normalized spacial score (nSPS) is 9.78. The summed E-state index contributed by atoms with van der Waals surface area (Å²) < 4.78 is 0. The zero-order valence-corrected chi connectivity index (χ0v) is 16.3. The van der Waals surface area contributed by atoms with Crippen molar-refractivity contribution >= 4 is 17.1 Å². The summed E-state index contributed by atoms with van der Waals surface area (Å²) in [4.78, 5) is 4.11. The summed E-state index contributed by atoms with van der Waals surface area (Å²) >= 11 is 0. The quantitative estimate of drug-likeness (QED) is 0.666. The van der Waals surface area contributed by atoms with Gasteiger partial charge in [0.05, 0.1) is 5.71 Å². The van der Waals surface area contributed by atoms with Crippen LogP contribution in [0.1, 0.15) is 11.1 Å². The lowest BCUT2D eigenvalue weighted by atomic mass is 10.0. The van der Waals surface area contributed by atoms with Crippen LogP contribution in [0.3, 0.4) is 0 Å². The van der Waals surface area contributed by atoms with Gasteiger partial charge in [-0.2, -0.15) is 0 Å². The Balaban J connectivity index is 0.000000313. The molecule has 3 rings (SSSR count). The zero-order valence-electron chi connectivity index (χ0n) is 16.3. The van der Waals surface area contributed by atoms with E-state index in [0.717, 1.165) is 22.5 Å². The van der Waals surface area contributed by atoms with Crippen molar-refractivity contribution in [3.05, 3.63) is 90.0 Å². The fourth-order valence-corrected chi connectivity index (χ4v) is 2.45. The topological polar surface area (TPSA) is 50.6 Å². The molecule has 0 aliphatic rings. The Morgan fingerprint density at radius 2 is 1.00 bits per heavy atom. The smallest absolute Gasteiger partial charge is 0.115 e.